The van der Waals surface area contributed by atoms with Gasteiger partial charge in [-0.2, -0.15) is 0 Å². The minimum absolute atomic E-state index is 0.0554. The van der Waals surface area contributed by atoms with E-state index in [1.54, 1.807) is 0 Å². The zero-order valence-corrected chi connectivity index (χ0v) is 46.1. The van der Waals surface area contributed by atoms with E-state index in [4.69, 9.17) is 17.7 Å². The van der Waals surface area contributed by atoms with Crippen LogP contribution < -0.4 is 9.80 Å². The summed E-state index contributed by atoms with van der Waals surface area (Å²) in [5.41, 5.74) is 17.6. The lowest BCUT2D eigenvalue weighted by atomic mass is 9.83. The molecule has 0 N–H and O–H groups in total. The number of allylic oxidation sites excluding steroid dienone is 2. The lowest BCUT2D eigenvalue weighted by molar-refractivity contribution is 0.523. The number of benzene rings is 10. The maximum absolute atomic E-state index is 6.93. The fraction of sp³-hybridized carbons (Fsp3) is 0.151. The standard InChI is InChI=1S/C73H60N2O4/c1-11-54-56-40-52(30-32-62(56)76-70(54)60(12-2)72(5,6)7)74(48-20-15-13-16-21-48)50-28-26-44-36-58-64(38-46(44)34-50)78-68-43(4)69-67(42(3)66(58)68)59-37-45-27-29-51(35-47(45)39-65(59)79-69)75(49-22-17-14-18-23-49)53-31-33-63-57(41-53)55-24-19-25-61(71(55)77-63)73(8,9)10/h11-41H,1H2,2-10H3/b60-12+. The van der Waals surface area contributed by atoms with E-state index < -0.39 is 0 Å². The maximum atomic E-state index is 6.93. The monoisotopic (exact) mass is 1030 g/mol. The summed E-state index contributed by atoms with van der Waals surface area (Å²) in [6.07, 6.45) is 4.08. The number of para-hydroxylation sites is 3. The van der Waals surface area contributed by atoms with E-state index in [-0.39, 0.29) is 10.8 Å². The van der Waals surface area contributed by atoms with Gasteiger partial charge < -0.3 is 27.5 Å². The molecule has 6 heteroatoms. The van der Waals surface area contributed by atoms with Gasteiger partial charge in [-0.1, -0.05) is 127 Å². The first-order valence-electron chi connectivity index (χ1n) is 27.4. The van der Waals surface area contributed by atoms with Gasteiger partial charge in [-0.05, 0) is 173 Å². The van der Waals surface area contributed by atoms with Crippen LogP contribution in [0.25, 0.3) is 110 Å². The predicted octanol–water partition coefficient (Wildman–Crippen LogP) is 22.4. The van der Waals surface area contributed by atoms with Gasteiger partial charge in [-0.25, -0.2) is 0 Å². The minimum Gasteiger partial charge on any atom is -0.456 e. The highest BCUT2D eigenvalue weighted by Crippen LogP contribution is 2.48. The Morgan fingerprint density at radius 3 is 1.42 bits per heavy atom. The van der Waals surface area contributed by atoms with E-state index in [1.807, 2.05) is 6.08 Å². The summed E-state index contributed by atoms with van der Waals surface area (Å²) in [5, 5.41) is 12.1. The quantitative estimate of drug-likeness (QED) is 0.151. The number of hydrogen-bond donors (Lipinski definition) is 0. The van der Waals surface area contributed by atoms with Crippen LogP contribution in [0, 0.1) is 19.3 Å². The molecular formula is C73H60N2O4. The Kier molecular flexibility index (Phi) is 10.7. The highest BCUT2D eigenvalue weighted by molar-refractivity contribution is 6.22. The van der Waals surface area contributed by atoms with Crippen molar-refractivity contribution in [3.63, 3.8) is 0 Å². The first-order chi connectivity index (χ1) is 38.1. The van der Waals surface area contributed by atoms with Crippen molar-refractivity contribution < 1.29 is 17.7 Å². The van der Waals surface area contributed by atoms with E-state index >= 15 is 0 Å². The molecule has 0 saturated heterocycles. The van der Waals surface area contributed by atoms with Crippen LogP contribution in [0.2, 0.25) is 0 Å². The van der Waals surface area contributed by atoms with Crippen LogP contribution in [-0.2, 0) is 5.41 Å². The number of furan rings is 4. The largest absolute Gasteiger partial charge is 0.456 e. The molecule has 4 heterocycles. The van der Waals surface area contributed by atoms with Crippen molar-refractivity contribution in [1.29, 1.82) is 0 Å². The highest BCUT2D eigenvalue weighted by atomic mass is 16.3. The molecule has 4 aromatic heterocycles. The van der Waals surface area contributed by atoms with Crippen molar-refractivity contribution in [3.05, 3.63) is 217 Å². The molecule has 6 nitrogen and oxygen atoms in total. The Morgan fingerprint density at radius 2 is 0.911 bits per heavy atom. The van der Waals surface area contributed by atoms with Crippen LogP contribution in [0.5, 0.6) is 0 Å². The summed E-state index contributed by atoms with van der Waals surface area (Å²) < 4.78 is 27.0. The second-order valence-electron chi connectivity index (χ2n) is 23.4. The van der Waals surface area contributed by atoms with Crippen molar-refractivity contribution in [2.24, 2.45) is 5.41 Å². The van der Waals surface area contributed by atoms with Crippen LogP contribution in [0.3, 0.4) is 0 Å². The molecule has 0 radical (unpaired) electrons. The SMILES string of the molecule is C=Cc1c(/C(=C\C)C(C)(C)C)oc2ccc(N(c3ccccc3)c3ccc4cc5c(cc4c3)oc3c(C)c4oc6cc7cc(N(c8ccccc8)c8ccc9oc%10c(C(C)(C)C)cccc%10c9c8)ccc7cc6c4c(C)c35)cc12. The first-order valence-corrected chi connectivity index (χ1v) is 27.4. The van der Waals surface area contributed by atoms with Crippen molar-refractivity contribution in [1.82, 2.24) is 0 Å². The molecule has 0 spiro atoms. The van der Waals surface area contributed by atoms with E-state index in [0.29, 0.717) is 0 Å². The third-order valence-electron chi connectivity index (χ3n) is 16.3. The van der Waals surface area contributed by atoms with E-state index in [0.717, 1.165) is 160 Å². The number of nitrogens with zero attached hydrogens (tertiary/aromatic N) is 2. The summed E-state index contributed by atoms with van der Waals surface area (Å²) in [6.45, 7) is 24.0. The molecule has 0 aliphatic heterocycles. The number of anilines is 6. The molecule has 0 bridgehead atoms. The Hall–Kier alpha value is -9.26. The lowest BCUT2D eigenvalue weighted by Gasteiger charge is -2.26. The van der Waals surface area contributed by atoms with E-state index in [1.165, 1.54) is 5.56 Å². The second-order valence-corrected chi connectivity index (χ2v) is 23.4. The molecule has 0 unspecified atom stereocenters. The molecule has 0 atom stereocenters. The van der Waals surface area contributed by atoms with Gasteiger partial charge in [0.25, 0.3) is 0 Å². The number of rotatable bonds is 8. The van der Waals surface area contributed by atoms with Gasteiger partial charge in [0.1, 0.15) is 44.8 Å². The third kappa shape index (κ3) is 7.60. The average Bonchev–Trinajstić information content (AvgIpc) is 4.29. The second kappa shape index (κ2) is 17.6. The topological polar surface area (TPSA) is 59.0 Å². The molecule has 0 aliphatic rings. The highest BCUT2D eigenvalue weighted by Gasteiger charge is 2.28. The van der Waals surface area contributed by atoms with Gasteiger partial charge in [-0.15, -0.1) is 0 Å². The molecular weight excluding hydrogens is 969 g/mol. The summed E-state index contributed by atoms with van der Waals surface area (Å²) in [6, 6.07) is 63.1. The van der Waals surface area contributed by atoms with Crippen LogP contribution in [-0.4, -0.2) is 0 Å². The Bertz CT molecular complexity index is 4860. The Labute approximate surface area is 459 Å². The summed E-state index contributed by atoms with van der Waals surface area (Å²) in [7, 11) is 0. The van der Waals surface area contributed by atoms with Gasteiger partial charge in [-0.3, -0.25) is 0 Å². The Morgan fingerprint density at radius 1 is 0.418 bits per heavy atom. The summed E-state index contributed by atoms with van der Waals surface area (Å²) >= 11 is 0. The van der Waals surface area contributed by atoms with Gasteiger partial charge in [0.2, 0.25) is 0 Å². The van der Waals surface area contributed by atoms with Crippen molar-refractivity contribution in [3.8, 4) is 0 Å². The molecule has 386 valence electrons. The van der Waals surface area contributed by atoms with Crippen LogP contribution in [0.15, 0.2) is 206 Å². The molecule has 79 heavy (non-hydrogen) atoms. The summed E-state index contributed by atoms with van der Waals surface area (Å²) in [5.74, 6) is 0.870. The fourth-order valence-electron chi connectivity index (χ4n) is 12.5. The first kappa shape index (κ1) is 48.1. The normalized spacial score (nSPS) is 12.7. The van der Waals surface area contributed by atoms with Gasteiger partial charge in [0.15, 0.2) is 0 Å². The van der Waals surface area contributed by atoms with Crippen LogP contribution in [0.4, 0.5) is 34.1 Å². The van der Waals surface area contributed by atoms with E-state index in [9.17, 15) is 0 Å². The van der Waals surface area contributed by atoms with Crippen LogP contribution in [0.1, 0.15) is 76.5 Å². The molecule has 10 aromatic carbocycles. The van der Waals surface area contributed by atoms with Gasteiger partial charge in [0, 0.05) is 88.5 Å². The number of aryl methyl sites for hydroxylation is 2. The smallest absolute Gasteiger partial charge is 0.142 e. The van der Waals surface area contributed by atoms with Crippen molar-refractivity contribution >= 4 is 144 Å². The van der Waals surface area contributed by atoms with E-state index in [2.05, 4.69) is 261 Å². The van der Waals surface area contributed by atoms with Crippen molar-refractivity contribution in [2.75, 3.05) is 9.80 Å². The lowest BCUT2D eigenvalue weighted by Crippen LogP contribution is -2.10. The molecule has 0 fully saturated rings. The van der Waals surface area contributed by atoms with Gasteiger partial charge in [0.05, 0.1) is 0 Å². The number of fused-ring (bicyclic) bond motifs is 12. The predicted molar refractivity (Wildman–Crippen MR) is 334 cm³/mol. The summed E-state index contributed by atoms with van der Waals surface area (Å²) in [4.78, 5) is 4.64. The molecule has 0 aliphatic carbocycles. The molecule has 0 saturated carbocycles. The van der Waals surface area contributed by atoms with Gasteiger partial charge >= 0.3 is 0 Å². The zero-order valence-electron chi connectivity index (χ0n) is 46.1. The third-order valence-corrected chi connectivity index (χ3v) is 16.3. The molecule has 14 rings (SSSR count). The average molecular weight is 1030 g/mol. The maximum Gasteiger partial charge on any atom is 0.142 e. The minimum atomic E-state index is -0.102. The molecule has 14 aromatic rings. The zero-order chi connectivity index (χ0) is 54.2. The van der Waals surface area contributed by atoms with Crippen molar-refractivity contribution in [2.45, 2.75) is 67.7 Å². The Balaban J connectivity index is 0.861. The number of hydrogen-bond acceptors (Lipinski definition) is 6. The van der Waals surface area contributed by atoms with Crippen LogP contribution >= 0.6 is 0 Å². The molecule has 0 amide bonds. The fourth-order valence-corrected chi connectivity index (χ4v) is 12.5.